The monoisotopic (exact) mass is 343 g/mol. The van der Waals surface area contributed by atoms with Crippen LogP contribution >= 0.6 is 0 Å². The van der Waals surface area contributed by atoms with Crippen LogP contribution in [0, 0.1) is 5.92 Å². The summed E-state index contributed by atoms with van der Waals surface area (Å²) in [4.78, 5) is 26.5. The third-order valence-electron chi connectivity index (χ3n) is 5.48. The predicted octanol–water partition coefficient (Wildman–Crippen LogP) is 3.40. The fraction of sp³-hybridized carbons (Fsp3) is 0.600. The molecule has 3 N–H and O–H groups in total. The molecule has 3 rings (SSSR count). The first-order valence-corrected chi connectivity index (χ1v) is 9.62. The van der Waals surface area contributed by atoms with Gasteiger partial charge in [-0.25, -0.2) is 0 Å². The number of benzene rings is 1. The Morgan fingerprint density at radius 1 is 1.00 bits per heavy atom. The number of hydrogen-bond acceptors (Lipinski definition) is 3. The highest BCUT2D eigenvalue weighted by Crippen LogP contribution is 2.25. The smallest absolute Gasteiger partial charge is 0.254 e. The number of hydrogen-bond donors (Lipinski definition) is 2. The second-order valence-corrected chi connectivity index (χ2v) is 7.36. The van der Waals surface area contributed by atoms with Crippen LogP contribution < -0.4 is 11.1 Å². The molecule has 1 saturated heterocycles. The highest BCUT2D eigenvalue weighted by molar-refractivity contribution is 6.07. The van der Waals surface area contributed by atoms with E-state index in [2.05, 4.69) is 5.32 Å². The Labute approximate surface area is 150 Å². The van der Waals surface area contributed by atoms with Crippen molar-refractivity contribution >= 4 is 17.5 Å². The van der Waals surface area contributed by atoms with Gasteiger partial charge in [0, 0.05) is 25.3 Å². The van der Waals surface area contributed by atoms with E-state index >= 15 is 0 Å². The number of nitrogens with one attached hydrogen (secondary N) is 1. The van der Waals surface area contributed by atoms with Gasteiger partial charge in [0.1, 0.15) is 0 Å². The molecule has 1 aliphatic carbocycles. The molecular formula is C20H29N3O2. The first kappa shape index (κ1) is 17.8. The van der Waals surface area contributed by atoms with E-state index in [4.69, 9.17) is 5.73 Å². The molecule has 1 aliphatic heterocycles. The number of carbonyl (C=O) groups is 2. The van der Waals surface area contributed by atoms with Crippen LogP contribution in [0.5, 0.6) is 0 Å². The van der Waals surface area contributed by atoms with Crippen LogP contribution in [0.4, 0.5) is 5.69 Å². The van der Waals surface area contributed by atoms with Crippen LogP contribution in [0.25, 0.3) is 0 Å². The van der Waals surface area contributed by atoms with Gasteiger partial charge in [0.15, 0.2) is 0 Å². The molecule has 136 valence electrons. The van der Waals surface area contributed by atoms with E-state index in [-0.39, 0.29) is 5.91 Å². The van der Waals surface area contributed by atoms with Crippen molar-refractivity contribution < 1.29 is 9.59 Å². The maximum atomic E-state index is 12.7. The van der Waals surface area contributed by atoms with Crippen LogP contribution in [-0.4, -0.2) is 36.3 Å². The van der Waals surface area contributed by atoms with Gasteiger partial charge in [-0.15, -0.1) is 0 Å². The summed E-state index contributed by atoms with van der Waals surface area (Å²) < 4.78 is 0. The summed E-state index contributed by atoms with van der Waals surface area (Å²) in [5.41, 5.74) is 7.17. The molecule has 0 aromatic heterocycles. The van der Waals surface area contributed by atoms with Crippen molar-refractivity contribution in [2.45, 2.75) is 51.4 Å². The zero-order chi connectivity index (χ0) is 17.6. The van der Waals surface area contributed by atoms with E-state index < -0.39 is 5.91 Å². The van der Waals surface area contributed by atoms with Gasteiger partial charge in [-0.1, -0.05) is 19.3 Å². The van der Waals surface area contributed by atoms with Crippen molar-refractivity contribution in [3.63, 3.8) is 0 Å². The van der Waals surface area contributed by atoms with Gasteiger partial charge in [-0.2, -0.15) is 0 Å². The number of rotatable bonds is 5. The summed E-state index contributed by atoms with van der Waals surface area (Å²) in [5.74, 6) is 0.0782. The van der Waals surface area contributed by atoms with Gasteiger partial charge in [0.05, 0.1) is 11.1 Å². The summed E-state index contributed by atoms with van der Waals surface area (Å²) in [7, 11) is 0. The Bertz CT molecular complexity index is 617. The molecule has 1 saturated carbocycles. The number of nitrogens with two attached hydrogens (primary N) is 1. The fourth-order valence-electron chi connectivity index (χ4n) is 3.97. The summed E-state index contributed by atoms with van der Waals surface area (Å²) in [6.45, 7) is 2.44. The van der Waals surface area contributed by atoms with E-state index in [0.29, 0.717) is 17.0 Å². The van der Waals surface area contributed by atoms with Crippen molar-refractivity contribution in [2.24, 2.45) is 11.7 Å². The lowest BCUT2D eigenvalue weighted by Crippen LogP contribution is -2.36. The number of likely N-dealkylation sites (tertiary alicyclic amines) is 1. The molecule has 5 nitrogen and oxygen atoms in total. The predicted molar refractivity (Wildman–Crippen MR) is 99.8 cm³/mol. The lowest BCUT2D eigenvalue weighted by Gasteiger charge is -2.27. The molecular weight excluding hydrogens is 314 g/mol. The Morgan fingerprint density at radius 2 is 1.68 bits per heavy atom. The molecule has 2 amide bonds. The normalized spacial score (nSPS) is 18.8. The number of amides is 2. The van der Waals surface area contributed by atoms with Gasteiger partial charge in [-0.3, -0.25) is 9.59 Å². The summed E-state index contributed by atoms with van der Waals surface area (Å²) in [6.07, 6.45) is 9.70. The second-order valence-electron chi connectivity index (χ2n) is 7.36. The third-order valence-corrected chi connectivity index (χ3v) is 5.48. The first-order valence-electron chi connectivity index (χ1n) is 9.62. The molecule has 2 fully saturated rings. The third kappa shape index (κ3) is 4.53. The van der Waals surface area contributed by atoms with Crippen LogP contribution in [-0.2, 0) is 0 Å². The van der Waals surface area contributed by atoms with Gasteiger partial charge in [0.25, 0.3) is 5.91 Å². The Hall–Kier alpha value is -2.04. The van der Waals surface area contributed by atoms with Crippen LogP contribution in [0.3, 0.4) is 0 Å². The minimum atomic E-state index is -0.540. The maximum Gasteiger partial charge on any atom is 0.254 e. The van der Waals surface area contributed by atoms with Crippen molar-refractivity contribution in [3.05, 3.63) is 29.3 Å². The molecule has 1 aromatic carbocycles. The minimum Gasteiger partial charge on any atom is -0.385 e. The highest BCUT2D eigenvalue weighted by atomic mass is 16.2. The Kier molecular flexibility index (Phi) is 5.95. The molecule has 1 aromatic rings. The van der Waals surface area contributed by atoms with E-state index in [9.17, 15) is 9.59 Å². The largest absolute Gasteiger partial charge is 0.385 e. The van der Waals surface area contributed by atoms with E-state index in [1.807, 2.05) is 11.0 Å². The number of nitrogens with zero attached hydrogens (tertiary/aromatic N) is 1. The molecule has 0 unspecified atom stereocenters. The molecule has 25 heavy (non-hydrogen) atoms. The summed E-state index contributed by atoms with van der Waals surface area (Å²) in [6, 6.07) is 5.38. The SMILES string of the molecule is NC(=O)c1cc(NCC2CCCCC2)ccc1C(=O)N1CCCCC1. The second kappa shape index (κ2) is 8.37. The maximum absolute atomic E-state index is 12.7. The van der Waals surface area contributed by atoms with Crippen LogP contribution in [0.15, 0.2) is 18.2 Å². The van der Waals surface area contributed by atoms with Crippen molar-refractivity contribution in [1.82, 2.24) is 4.90 Å². The van der Waals surface area contributed by atoms with Gasteiger partial charge in [0.2, 0.25) is 5.91 Å². The average Bonchev–Trinajstić information content (AvgIpc) is 2.67. The molecule has 2 aliphatic rings. The zero-order valence-corrected chi connectivity index (χ0v) is 14.9. The fourth-order valence-corrected chi connectivity index (χ4v) is 3.97. The average molecular weight is 343 g/mol. The highest BCUT2D eigenvalue weighted by Gasteiger charge is 2.23. The zero-order valence-electron chi connectivity index (χ0n) is 14.9. The van der Waals surface area contributed by atoms with Gasteiger partial charge in [-0.05, 0) is 56.2 Å². The molecule has 0 bridgehead atoms. The molecule has 5 heteroatoms. The quantitative estimate of drug-likeness (QED) is 0.860. The van der Waals surface area contributed by atoms with Crippen molar-refractivity contribution in [3.8, 4) is 0 Å². The van der Waals surface area contributed by atoms with Crippen molar-refractivity contribution in [1.29, 1.82) is 0 Å². The number of piperidine rings is 1. The molecule has 1 heterocycles. The van der Waals surface area contributed by atoms with Crippen molar-refractivity contribution in [2.75, 3.05) is 25.0 Å². The van der Waals surface area contributed by atoms with E-state index in [0.717, 1.165) is 44.6 Å². The molecule has 0 radical (unpaired) electrons. The number of primary amides is 1. The topological polar surface area (TPSA) is 75.4 Å². The lowest BCUT2D eigenvalue weighted by molar-refractivity contribution is 0.0720. The number of anilines is 1. The van der Waals surface area contributed by atoms with E-state index in [1.165, 1.54) is 32.1 Å². The van der Waals surface area contributed by atoms with Gasteiger partial charge >= 0.3 is 0 Å². The Morgan fingerprint density at radius 3 is 2.36 bits per heavy atom. The molecule has 0 spiro atoms. The standard InChI is InChI=1S/C20H29N3O2/c21-19(24)18-13-16(22-14-15-7-3-1-4-8-15)9-10-17(18)20(25)23-11-5-2-6-12-23/h9-10,13,15,22H,1-8,11-12,14H2,(H2,21,24). The summed E-state index contributed by atoms with van der Waals surface area (Å²) in [5, 5.41) is 3.42. The number of carbonyl (C=O) groups excluding carboxylic acids is 2. The minimum absolute atomic E-state index is 0.0765. The van der Waals surface area contributed by atoms with Crippen LogP contribution in [0.1, 0.15) is 72.1 Å². The van der Waals surface area contributed by atoms with E-state index in [1.54, 1.807) is 12.1 Å². The van der Waals surface area contributed by atoms with Gasteiger partial charge < -0.3 is 16.0 Å². The first-order chi connectivity index (χ1) is 12.1. The molecule has 0 atom stereocenters. The lowest BCUT2D eigenvalue weighted by atomic mass is 9.89. The summed E-state index contributed by atoms with van der Waals surface area (Å²) >= 11 is 0. The van der Waals surface area contributed by atoms with Crippen LogP contribution in [0.2, 0.25) is 0 Å². The Balaban J connectivity index is 1.71.